The van der Waals surface area contributed by atoms with Gasteiger partial charge in [-0.2, -0.15) is 10.2 Å². The number of nitrogens with zero attached hydrogens (tertiary/aromatic N) is 2. The third-order valence-electron chi connectivity index (χ3n) is 1.46. The Labute approximate surface area is 47.3 Å². The Morgan fingerprint density at radius 1 is 1.75 bits per heavy atom. The van der Waals surface area contributed by atoms with Gasteiger partial charge in [-0.15, -0.1) is 0 Å². The fourth-order valence-electron chi connectivity index (χ4n) is 0.580. The molecular formula is C5H6N2O. The van der Waals surface area contributed by atoms with Gasteiger partial charge in [0.15, 0.2) is 0 Å². The van der Waals surface area contributed by atoms with Gasteiger partial charge < -0.3 is 0 Å². The second-order valence-electron chi connectivity index (χ2n) is 2.18. The van der Waals surface area contributed by atoms with Crippen LogP contribution in [0.4, 0.5) is 0 Å². The van der Waals surface area contributed by atoms with E-state index in [1.165, 1.54) is 0 Å². The first-order valence-electron chi connectivity index (χ1n) is 2.53. The monoisotopic (exact) mass is 110 g/mol. The molecule has 1 rings (SSSR count). The van der Waals surface area contributed by atoms with Crippen LogP contribution in [0.2, 0.25) is 0 Å². The number of nitriles is 1. The van der Waals surface area contributed by atoms with Crippen molar-refractivity contribution in [2.75, 3.05) is 6.54 Å². The number of nitroso groups, excluding NO2 is 1. The molecule has 0 N–H and O–H groups in total. The summed E-state index contributed by atoms with van der Waals surface area (Å²) in [6.45, 7) is 0.184. The van der Waals surface area contributed by atoms with Crippen molar-refractivity contribution >= 4 is 0 Å². The Balaban J connectivity index is 2.44. The highest BCUT2D eigenvalue weighted by Crippen LogP contribution is 2.44. The van der Waals surface area contributed by atoms with Crippen molar-refractivity contribution in [3.8, 4) is 6.07 Å². The molecule has 1 aliphatic carbocycles. The summed E-state index contributed by atoms with van der Waals surface area (Å²) in [5, 5.41) is 11.0. The van der Waals surface area contributed by atoms with Crippen molar-refractivity contribution in [2.24, 2.45) is 10.6 Å². The van der Waals surface area contributed by atoms with Gasteiger partial charge in [0.2, 0.25) is 0 Å². The van der Waals surface area contributed by atoms with Gasteiger partial charge >= 0.3 is 0 Å². The third kappa shape index (κ3) is 0.692. The highest BCUT2D eigenvalue weighted by atomic mass is 16.3. The second kappa shape index (κ2) is 1.55. The van der Waals surface area contributed by atoms with E-state index >= 15 is 0 Å². The van der Waals surface area contributed by atoms with E-state index in [0.29, 0.717) is 0 Å². The lowest BCUT2D eigenvalue weighted by molar-refractivity contribution is 0.681. The minimum absolute atomic E-state index is 0.184. The Hall–Kier alpha value is -0.910. The van der Waals surface area contributed by atoms with Gasteiger partial charge in [-0.25, -0.2) is 0 Å². The smallest absolute Gasteiger partial charge is 0.0997 e. The molecule has 0 atom stereocenters. The minimum atomic E-state index is -0.332. The Kier molecular flexibility index (Phi) is 1.01. The Bertz CT molecular complexity index is 143. The maximum absolute atomic E-state index is 9.62. The molecule has 3 heteroatoms. The summed E-state index contributed by atoms with van der Waals surface area (Å²) in [7, 11) is 0. The molecule has 0 spiro atoms. The Morgan fingerprint density at radius 2 is 2.38 bits per heavy atom. The van der Waals surface area contributed by atoms with Crippen molar-refractivity contribution in [1.29, 1.82) is 5.26 Å². The molecule has 3 nitrogen and oxygen atoms in total. The average molecular weight is 110 g/mol. The molecule has 0 amide bonds. The van der Waals surface area contributed by atoms with Crippen molar-refractivity contribution < 1.29 is 0 Å². The van der Waals surface area contributed by atoms with E-state index in [1.54, 1.807) is 0 Å². The predicted octanol–water partition coefficient (Wildman–Crippen LogP) is 1.06. The highest BCUT2D eigenvalue weighted by Gasteiger charge is 2.43. The van der Waals surface area contributed by atoms with E-state index in [1.807, 2.05) is 0 Å². The van der Waals surface area contributed by atoms with Crippen LogP contribution >= 0.6 is 0 Å². The largest absolute Gasteiger partial charge is 0.198 e. The molecule has 0 radical (unpaired) electrons. The zero-order valence-corrected chi connectivity index (χ0v) is 4.42. The summed E-state index contributed by atoms with van der Waals surface area (Å²) >= 11 is 0. The van der Waals surface area contributed by atoms with E-state index in [-0.39, 0.29) is 12.0 Å². The SMILES string of the molecule is N#CC1(CN=O)CC1. The van der Waals surface area contributed by atoms with Gasteiger partial charge in [0, 0.05) is 0 Å². The maximum Gasteiger partial charge on any atom is 0.0997 e. The summed E-state index contributed by atoms with van der Waals surface area (Å²) in [5.41, 5.74) is -0.332. The molecule has 1 saturated carbocycles. The molecule has 8 heavy (non-hydrogen) atoms. The fraction of sp³-hybridized carbons (Fsp3) is 0.800. The minimum Gasteiger partial charge on any atom is -0.198 e. The molecule has 0 aromatic carbocycles. The Morgan fingerprint density at radius 3 is 2.50 bits per heavy atom. The quantitative estimate of drug-likeness (QED) is 0.499. The standard InChI is InChI=1S/C5H6N2O/c6-3-5(1-2-5)4-7-8/h1-2,4H2. The summed E-state index contributed by atoms with van der Waals surface area (Å²) < 4.78 is 0. The molecule has 0 aliphatic heterocycles. The van der Waals surface area contributed by atoms with Crippen molar-refractivity contribution in [2.45, 2.75) is 12.8 Å². The summed E-state index contributed by atoms with van der Waals surface area (Å²) in [6.07, 6.45) is 1.71. The molecule has 0 aromatic heterocycles. The van der Waals surface area contributed by atoms with Crippen LogP contribution in [0.3, 0.4) is 0 Å². The lowest BCUT2D eigenvalue weighted by Gasteiger charge is -1.91. The van der Waals surface area contributed by atoms with E-state index in [9.17, 15) is 4.91 Å². The topological polar surface area (TPSA) is 53.2 Å². The zero-order valence-electron chi connectivity index (χ0n) is 4.42. The van der Waals surface area contributed by atoms with Crippen LogP contribution in [-0.2, 0) is 0 Å². The van der Waals surface area contributed by atoms with Crippen molar-refractivity contribution in [3.63, 3.8) is 0 Å². The molecule has 0 heterocycles. The normalized spacial score (nSPS) is 21.4. The average Bonchev–Trinajstić information content (AvgIpc) is 2.50. The molecule has 1 fully saturated rings. The second-order valence-corrected chi connectivity index (χ2v) is 2.18. The first-order valence-corrected chi connectivity index (χ1v) is 2.53. The van der Waals surface area contributed by atoms with Crippen LogP contribution in [0.15, 0.2) is 5.18 Å². The number of hydrogen-bond donors (Lipinski definition) is 0. The predicted molar refractivity (Wildman–Crippen MR) is 27.9 cm³/mol. The fourth-order valence-corrected chi connectivity index (χ4v) is 0.580. The van der Waals surface area contributed by atoms with Crippen LogP contribution < -0.4 is 0 Å². The van der Waals surface area contributed by atoms with Gasteiger partial charge in [0.1, 0.15) is 0 Å². The van der Waals surface area contributed by atoms with Gasteiger partial charge in [0.05, 0.1) is 18.0 Å². The lowest BCUT2D eigenvalue weighted by atomic mass is 10.1. The molecule has 0 saturated heterocycles. The summed E-state index contributed by atoms with van der Waals surface area (Å²) in [6, 6.07) is 2.06. The van der Waals surface area contributed by atoms with E-state index in [0.717, 1.165) is 12.8 Å². The molecule has 0 aromatic rings. The van der Waals surface area contributed by atoms with Crippen molar-refractivity contribution in [3.05, 3.63) is 4.91 Å². The first kappa shape index (κ1) is 5.23. The maximum atomic E-state index is 9.62. The molecule has 1 aliphatic rings. The highest BCUT2D eigenvalue weighted by molar-refractivity contribution is 5.10. The van der Waals surface area contributed by atoms with Gasteiger partial charge in [-0.1, -0.05) is 5.18 Å². The van der Waals surface area contributed by atoms with E-state index in [4.69, 9.17) is 5.26 Å². The molecular weight excluding hydrogens is 104 g/mol. The van der Waals surface area contributed by atoms with Crippen LogP contribution in [0.5, 0.6) is 0 Å². The number of hydrogen-bond acceptors (Lipinski definition) is 3. The first-order chi connectivity index (χ1) is 3.83. The summed E-state index contributed by atoms with van der Waals surface area (Å²) in [5.74, 6) is 0. The van der Waals surface area contributed by atoms with Crippen LogP contribution in [0, 0.1) is 21.7 Å². The van der Waals surface area contributed by atoms with Gasteiger partial charge in [0.25, 0.3) is 0 Å². The third-order valence-corrected chi connectivity index (χ3v) is 1.46. The summed E-state index contributed by atoms with van der Waals surface area (Å²) in [4.78, 5) is 9.62. The van der Waals surface area contributed by atoms with Crippen LogP contribution in [-0.4, -0.2) is 6.54 Å². The molecule has 0 unspecified atom stereocenters. The van der Waals surface area contributed by atoms with E-state index < -0.39 is 0 Å². The lowest BCUT2D eigenvalue weighted by Crippen LogP contribution is -1.98. The van der Waals surface area contributed by atoms with Crippen LogP contribution in [0.25, 0.3) is 0 Å². The zero-order chi connectivity index (χ0) is 6.04. The van der Waals surface area contributed by atoms with Gasteiger partial charge in [-0.05, 0) is 12.8 Å². The molecule has 42 valence electrons. The van der Waals surface area contributed by atoms with Crippen LogP contribution in [0.1, 0.15) is 12.8 Å². The molecule has 0 bridgehead atoms. The van der Waals surface area contributed by atoms with Crippen molar-refractivity contribution in [1.82, 2.24) is 0 Å². The van der Waals surface area contributed by atoms with Gasteiger partial charge in [-0.3, -0.25) is 0 Å². The number of rotatable bonds is 2. The van der Waals surface area contributed by atoms with E-state index in [2.05, 4.69) is 11.2 Å².